The van der Waals surface area contributed by atoms with Crippen LogP contribution in [0, 0.1) is 16.7 Å². The van der Waals surface area contributed by atoms with Crippen LogP contribution in [0.1, 0.15) is 39.0 Å². The Morgan fingerprint density at radius 3 is 2.47 bits per heavy atom. The SMILES string of the molecule is CCCCN(CC(N)=O)C(=O)C1(C#N)CCC1. The lowest BCUT2D eigenvalue weighted by atomic mass is 9.69. The molecule has 17 heavy (non-hydrogen) atoms. The van der Waals surface area contributed by atoms with Gasteiger partial charge in [-0.15, -0.1) is 0 Å². The molecule has 0 aromatic carbocycles. The van der Waals surface area contributed by atoms with E-state index in [0.717, 1.165) is 19.3 Å². The van der Waals surface area contributed by atoms with Crippen LogP contribution in [0.25, 0.3) is 0 Å². The number of primary amides is 1. The minimum Gasteiger partial charge on any atom is -0.368 e. The molecule has 94 valence electrons. The topological polar surface area (TPSA) is 87.2 Å². The molecule has 0 heterocycles. The van der Waals surface area contributed by atoms with Crippen LogP contribution in [0.2, 0.25) is 0 Å². The molecule has 0 radical (unpaired) electrons. The van der Waals surface area contributed by atoms with Gasteiger partial charge in [0.1, 0.15) is 5.41 Å². The molecule has 0 aliphatic heterocycles. The number of nitriles is 1. The van der Waals surface area contributed by atoms with Crippen molar-refractivity contribution in [3.05, 3.63) is 0 Å². The van der Waals surface area contributed by atoms with E-state index in [1.165, 1.54) is 4.90 Å². The van der Waals surface area contributed by atoms with E-state index >= 15 is 0 Å². The maximum absolute atomic E-state index is 12.2. The van der Waals surface area contributed by atoms with Crippen molar-refractivity contribution in [1.82, 2.24) is 4.90 Å². The highest BCUT2D eigenvalue weighted by Gasteiger charge is 2.46. The lowest BCUT2D eigenvalue weighted by Gasteiger charge is -2.37. The highest BCUT2D eigenvalue weighted by molar-refractivity contribution is 5.89. The number of carbonyl (C=O) groups excluding carboxylic acids is 2. The van der Waals surface area contributed by atoms with Crippen molar-refractivity contribution in [3.8, 4) is 6.07 Å². The van der Waals surface area contributed by atoms with Gasteiger partial charge in [0.25, 0.3) is 0 Å². The van der Waals surface area contributed by atoms with Crippen molar-refractivity contribution in [2.24, 2.45) is 11.1 Å². The van der Waals surface area contributed by atoms with E-state index in [4.69, 9.17) is 11.0 Å². The van der Waals surface area contributed by atoms with Gasteiger partial charge in [-0.1, -0.05) is 13.3 Å². The summed E-state index contributed by atoms with van der Waals surface area (Å²) in [5.41, 5.74) is 4.25. The van der Waals surface area contributed by atoms with E-state index in [-0.39, 0.29) is 12.5 Å². The molecule has 0 spiro atoms. The Morgan fingerprint density at radius 2 is 2.12 bits per heavy atom. The van der Waals surface area contributed by atoms with Crippen LogP contribution >= 0.6 is 0 Å². The summed E-state index contributed by atoms with van der Waals surface area (Å²) in [4.78, 5) is 24.6. The third kappa shape index (κ3) is 2.96. The Morgan fingerprint density at radius 1 is 1.47 bits per heavy atom. The Kier molecular flexibility index (Phi) is 4.50. The van der Waals surface area contributed by atoms with E-state index < -0.39 is 11.3 Å². The average molecular weight is 237 g/mol. The van der Waals surface area contributed by atoms with Gasteiger partial charge >= 0.3 is 0 Å². The largest absolute Gasteiger partial charge is 0.368 e. The van der Waals surface area contributed by atoms with Gasteiger partial charge in [-0.3, -0.25) is 9.59 Å². The first-order valence-corrected chi connectivity index (χ1v) is 6.04. The number of rotatable bonds is 6. The molecule has 1 aliphatic carbocycles. The molecule has 0 bridgehead atoms. The molecule has 5 nitrogen and oxygen atoms in total. The van der Waals surface area contributed by atoms with Gasteiger partial charge in [-0.05, 0) is 25.7 Å². The summed E-state index contributed by atoms with van der Waals surface area (Å²) in [5, 5.41) is 9.10. The van der Waals surface area contributed by atoms with Crippen molar-refractivity contribution in [3.63, 3.8) is 0 Å². The predicted molar refractivity (Wildman–Crippen MR) is 62.6 cm³/mol. The van der Waals surface area contributed by atoms with Gasteiger partial charge in [0.05, 0.1) is 12.6 Å². The summed E-state index contributed by atoms with van der Waals surface area (Å²) in [6.45, 7) is 2.43. The fourth-order valence-corrected chi connectivity index (χ4v) is 2.00. The second-order valence-electron chi connectivity index (χ2n) is 4.59. The van der Waals surface area contributed by atoms with Gasteiger partial charge in [0.2, 0.25) is 11.8 Å². The van der Waals surface area contributed by atoms with Gasteiger partial charge in [-0.25, -0.2) is 0 Å². The maximum Gasteiger partial charge on any atom is 0.243 e. The molecule has 2 N–H and O–H groups in total. The average Bonchev–Trinajstić information content (AvgIpc) is 2.22. The molecule has 5 heteroatoms. The summed E-state index contributed by atoms with van der Waals surface area (Å²) >= 11 is 0. The quantitative estimate of drug-likeness (QED) is 0.741. The van der Waals surface area contributed by atoms with E-state index in [1.54, 1.807) is 0 Å². The number of nitrogens with zero attached hydrogens (tertiary/aromatic N) is 2. The number of nitrogens with two attached hydrogens (primary N) is 1. The summed E-state index contributed by atoms with van der Waals surface area (Å²) in [6, 6.07) is 2.10. The highest BCUT2D eigenvalue weighted by Crippen LogP contribution is 2.41. The molecule has 0 atom stereocenters. The first-order chi connectivity index (χ1) is 8.05. The minimum absolute atomic E-state index is 0.0811. The van der Waals surface area contributed by atoms with Gasteiger partial charge in [0, 0.05) is 6.54 Å². The van der Waals surface area contributed by atoms with Crippen LogP contribution in [0.15, 0.2) is 0 Å². The zero-order valence-corrected chi connectivity index (χ0v) is 10.2. The number of carbonyl (C=O) groups is 2. The van der Waals surface area contributed by atoms with Crippen LogP contribution in [0.4, 0.5) is 0 Å². The molecule has 1 rings (SSSR count). The molecular formula is C12H19N3O2. The van der Waals surface area contributed by atoms with E-state index in [2.05, 4.69) is 6.07 Å². The van der Waals surface area contributed by atoms with E-state index in [1.807, 2.05) is 6.92 Å². The third-order valence-electron chi connectivity index (χ3n) is 3.25. The summed E-state index contributed by atoms with van der Waals surface area (Å²) < 4.78 is 0. The van der Waals surface area contributed by atoms with Crippen molar-refractivity contribution < 1.29 is 9.59 Å². The standard InChI is InChI=1S/C12H19N3O2/c1-2-3-7-15(8-10(14)16)11(17)12(9-13)5-4-6-12/h2-8H2,1H3,(H2,14,16). The second-order valence-corrected chi connectivity index (χ2v) is 4.59. The predicted octanol–water partition coefficient (Wildman–Crippen LogP) is 0.794. The molecule has 0 aromatic rings. The monoisotopic (exact) mass is 237 g/mol. The van der Waals surface area contributed by atoms with E-state index in [9.17, 15) is 9.59 Å². The number of amides is 2. The zero-order valence-electron chi connectivity index (χ0n) is 10.2. The Labute approximate surface area is 102 Å². The number of unbranched alkanes of at least 4 members (excludes halogenated alkanes) is 1. The van der Waals surface area contributed by atoms with Crippen LogP contribution in [-0.2, 0) is 9.59 Å². The summed E-state index contributed by atoms with van der Waals surface area (Å²) in [7, 11) is 0. The molecule has 1 aliphatic rings. The fourth-order valence-electron chi connectivity index (χ4n) is 2.00. The molecule has 0 aromatic heterocycles. The van der Waals surface area contributed by atoms with Crippen molar-refractivity contribution >= 4 is 11.8 Å². The van der Waals surface area contributed by atoms with Crippen molar-refractivity contribution in [2.75, 3.05) is 13.1 Å². The normalized spacial score (nSPS) is 16.7. The first kappa shape index (κ1) is 13.5. The van der Waals surface area contributed by atoms with Crippen LogP contribution < -0.4 is 5.73 Å². The molecule has 0 unspecified atom stereocenters. The summed E-state index contributed by atoms with van der Waals surface area (Å²) in [6.07, 6.45) is 3.85. The minimum atomic E-state index is -0.886. The van der Waals surface area contributed by atoms with Gasteiger partial charge in [0.15, 0.2) is 0 Å². The third-order valence-corrected chi connectivity index (χ3v) is 3.25. The van der Waals surface area contributed by atoms with E-state index in [0.29, 0.717) is 19.4 Å². The first-order valence-electron chi connectivity index (χ1n) is 6.04. The number of hydrogen-bond acceptors (Lipinski definition) is 3. The van der Waals surface area contributed by atoms with Crippen molar-refractivity contribution in [1.29, 1.82) is 5.26 Å². The van der Waals surface area contributed by atoms with Crippen LogP contribution in [-0.4, -0.2) is 29.8 Å². The maximum atomic E-state index is 12.2. The number of hydrogen-bond donors (Lipinski definition) is 1. The Bertz CT molecular complexity index is 342. The summed E-state index contributed by atoms with van der Waals surface area (Å²) in [5.74, 6) is -0.750. The lowest BCUT2D eigenvalue weighted by Crippen LogP contribution is -2.49. The highest BCUT2D eigenvalue weighted by atomic mass is 16.2. The van der Waals surface area contributed by atoms with Gasteiger partial charge < -0.3 is 10.6 Å². The molecular weight excluding hydrogens is 218 g/mol. The molecule has 0 saturated heterocycles. The van der Waals surface area contributed by atoms with Crippen LogP contribution in [0.5, 0.6) is 0 Å². The Hall–Kier alpha value is -1.57. The molecule has 2 amide bonds. The lowest BCUT2D eigenvalue weighted by molar-refractivity contribution is -0.145. The van der Waals surface area contributed by atoms with Gasteiger partial charge in [-0.2, -0.15) is 5.26 Å². The zero-order chi connectivity index (χ0) is 12.9. The second kappa shape index (κ2) is 5.67. The molecule has 1 fully saturated rings. The van der Waals surface area contributed by atoms with Crippen molar-refractivity contribution in [2.45, 2.75) is 39.0 Å². The smallest absolute Gasteiger partial charge is 0.243 e. The Balaban J connectivity index is 2.71. The molecule has 1 saturated carbocycles. The fraction of sp³-hybridized carbons (Fsp3) is 0.750. The van der Waals surface area contributed by atoms with Crippen LogP contribution in [0.3, 0.4) is 0 Å².